The summed E-state index contributed by atoms with van der Waals surface area (Å²) in [5.74, 6) is 1.12. The van der Waals surface area contributed by atoms with Crippen molar-refractivity contribution >= 4 is 5.91 Å². The van der Waals surface area contributed by atoms with Crippen LogP contribution in [0, 0.1) is 17.8 Å². The molecule has 1 aliphatic heterocycles. The third-order valence-corrected chi connectivity index (χ3v) is 4.51. The zero-order chi connectivity index (χ0) is 13.2. The molecule has 2 unspecified atom stereocenters. The predicted molar refractivity (Wildman–Crippen MR) is 71.1 cm³/mol. The first-order valence-corrected chi connectivity index (χ1v) is 7.21. The Morgan fingerprint density at radius 3 is 2.83 bits per heavy atom. The number of hydrogen-bond acceptors (Lipinski definition) is 3. The van der Waals surface area contributed by atoms with E-state index in [1.807, 2.05) is 0 Å². The summed E-state index contributed by atoms with van der Waals surface area (Å²) in [6, 6.07) is 0. The summed E-state index contributed by atoms with van der Waals surface area (Å²) in [6.07, 6.45) is 3.89. The van der Waals surface area contributed by atoms with Gasteiger partial charge in [0.25, 0.3) is 0 Å². The molecule has 4 heteroatoms. The SMILES string of the molecule is CC1CCCC(O)(CNC(=O)[C@@H]2CNC[C@H]2C)C1. The van der Waals surface area contributed by atoms with Crippen LogP contribution in [-0.2, 0) is 4.79 Å². The van der Waals surface area contributed by atoms with Crippen molar-refractivity contribution in [3.8, 4) is 0 Å². The lowest BCUT2D eigenvalue weighted by molar-refractivity contribution is -0.127. The Morgan fingerprint density at radius 2 is 2.22 bits per heavy atom. The van der Waals surface area contributed by atoms with Gasteiger partial charge in [-0.1, -0.05) is 26.7 Å². The molecule has 1 aliphatic carbocycles. The van der Waals surface area contributed by atoms with E-state index in [1.54, 1.807) is 0 Å². The molecule has 1 saturated carbocycles. The molecule has 2 fully saturated rings. The van der Waals surface area contributed by atoms with Crippen LogP contribution >= 0.6 is 0 Å². The van der Waals surface area contributed by atoms with Crippen LogP contribution in [0.5, 0.6) is 0 Å². The second-order valence-electron chi connectivity index (χ2n) is 6.39. The largest absolute Gasteiger partial charge is 0.388 e. The molecule has 2 rings (SSSR count). The predicted octanol–water partition coefficient (Wildman–Crippen LogP) is 0.899. The first kappa shape index (κ1) is 13.8. The van der Waals surface area contributed by atoms with E-state index < -0.39 is 5.60 Å². The average Bonchev–Trinajstić information content (AvgIpc) is 2.72. The van der Waals surface area contributed by atoms with Gasteiger partial charge in [-0.15, -0.1) is 0 Å². The summed E-state index contributed by atoms with van der Waals surface area (Å²) in [6.45, 7) is 6.37. The molecule has 0 aromatic heterocycles. The fourth-order valence-corrected chi connectivity index (χ4v) is 3.34. The van der Waals surface area contributed by atoms with Crippen LogP contribution in [0.4, 0.5) is 0 Å². The number of nitrogens with one attached hydrogen (secondary N) is 2. The second kappa shape index (κ2) is 5.57. The fourth-order valence-electron chi connectivity index (χ4n) is 3.34. The standard InChI is InChI=1S/C14H26N2O2/c1-10-4-3-5-14(18,6-10)9-16-13(17)12-8-15-7-11(12)2/h10-12,15,18H,3-9H2,1-2H3,(H,16,17)/t10?,11-,12-,14?/m1/s1. The van der Waals surface area contributed by atoms with Crippen LogP contribution in [0.2, 0.25) is 0 Å². The van der Waals surface area contributed by atoms with Crippen molar-refractivity contribution in [1.82, 2.24) is 10.6 Å². The molecule has 4 atom stereocenters. The van der Waals surface area contributed by atoms with Crippen LogP contribution in [0.1, 0.15) is 39.5 Å². The Hall–Kier alpha value is -0.610. The molecule has 0 spiro atoms. The van der Waals surface area contributed by atoms with E-state index in [2.05, 4.69) is 24.5 Å². The van der Waals surface area contributed by atoms with Crippen LogP contribution in [-0.4, -0.2) is 36.2 Å². The number of carbonyl (C=O) groups excluding carboxylic acids is 1. The van der Waals surface area contributed by atoms with Gasteiger partial charge in [-0.2, -0.15) is 0 Å². The lowest BCUT2D eigenvalue weighted by Crippen LogP contribution is -2.47. The lowest BCUT2D eigenvalue weighted by atomic mass is 9.79. The summed E-state index contributed by atoms with van der Waals surface area (Å²) in [5.41, 5.74) is -0.678. The number of rotatable bonds is 3. The van der Waals surface area contributed by atoms with Gasteiger partial charge in [0.15, 0.2) is 0 Å². The number of carbonyl (C=O) groups is 1. The van der Waals surface area contributed by atoms with E-state index in [0.717, 1.165) is 32.4 Å². The normalized spacial score (nSPS) is 40.7. The van der Waals surface area contributed by atoms with Gasteiger partial charge in [0.2, 0.25) is 5.91 Å². The number of amides is 1. The maximum Gasteiger partial charge on any atom is 0.224 e. The maximum absolute atomic E-state index is 12.1. The van der Waals surface area contributed by atoms with E-state index in [4.69, 9.17) is 0 Å². The molecule has 0 radical (unpaired) electrons. The summed E-state index contributed by atoms with van der Waals surface area (Å²) in [7, 11) is 0. The Morgan fingerprint density at radius 1 is 1.44 bits per heavy atom. The van der Waals surface area contributed by atoms with Crippen LogP contribution in [0.3, 0.4) is 0 Å². The van der Waals surface area contributed by atoms with E-state index in [-0.39, 0.29) is 11.8 Å². The molecule has 18 heavy (non-hydrogen) atoms. The third-order valence-electron chi connectivity index (χ3n) is 4.51. The van der Waals surface area contributed by atoms with Gasteiger partial charge in [0.05, 0.1) is 11.5 Å². The van der Waals surface area contributed by atoms with Crippen molar-refractivity contribution in [1.29, 1.82) is 0 Å². The van der Waals surface area contributed by atoms with Crippen molar-refractivity contribution < 1.29 is 9.90 Å². The zero-order valence-corrected chi connectivity index (χ0v) is 11.5. The second-order valence-corrected chi connectivity index (χ2v) is 6.39. The molecule has 0 bridgehead atoms. The quantitative estimate of drug-likeness (QED) is 0.701. The molecule has 4 nitrogen and oxygen atoms in total. The average molecular weight is 254 g/mol. The highest BCUT2D eigenvalue weighted by atomic mass is 16.3. The molecule has 3 N–H and O–H groups in total. The third kappa shape index (κ3) is 3.23. The van der Waals surface area contributed by atoms with Gasteiger partial charge in [-0.3, -0.25) is 4.79 Å². The van der Waals surface area contributed by atoms with Crippen molar-refractivity contribution in [2.24, 2.45) is 17.8 Å². The number of aliphatic hydroxyl groups is 1. The van der Waals surface area contributed by atoms with Crippen molar-refractivity contribution in [2.75, 3.05) is 19.6 Å². The zero-order valence-electron chi connectivity index (χ0n) is 11.5. The van der Waals surface area contributed by atoms with Gasteiger partial charge < -0.3 is 15.7 Å². The molecular formula is C14H26N2O2. The Kier molecular flexibility index (Phi) is 4.28. The van der Waals surface area contributed by atoms with E-state index in [0.29, 0.717) is 18.4 Å². The van der Waals surface area contributed by atoms with Gasteiger partial charge in [0.1, 0.15) is 0 Å². The van der Waals surface area contributed by atoms with Gasteiger partial charge >= 0.3 is 0 Å². The smallest absolute Gasteiger partial charge is 0.224 e. The summed E-state index contributed by atoms with van der Waals surface area (Å²) < 4.78 is 0. The van der Waals surface area contributed by atoms with E-state index >= 15 is 0 Å². The summed E-state index contributed by atoms with van der Waals surface area (Å²) in [5, 5.41) is 16.7. The highest BCUT2D eigenvalue weighted by Crippen LogP contribution is 2.31. The minimum Gasteiger partial charge on any atom is -0.388 e. The van der Waals surface area contributed by atoms with Crippen molar-refractivity contribution in [3.05, 3.63) is 0 Å². The minimum atomic E-state index is -0.678. The van der Waals surface area contributed by atoms with E-state index in [1.165, 1.54) is 6.42 Å². The topological polar surface area (TPSA) is 61.4 Å². The molecule has 0 aromatic carbocycles. The first-order valence-electron chi connectivity index (χ1n) is 7.21. The lowest BCUT2D eigenvalue weighted by Gasteiger charge is -2.36. The monoisotopic (exact) mass is 254 g/mol. The van der Waals surface area contributed by atoms with Crippen LogP contribution in [0.25, 0.3) is 0 Å². The van der Waals surface area contributed by atoms with Crippen molar-refractivity contribution in [3.63, 3.8) is 0 Å². The van der Waals surface area contributed by atoms with Gasteiger partial charge in [-0.25, -0.2) is 0 Å². The molecule has 1 saturated heterocycles. The fraction of sp³-hybridized carbons (Fsp3) is 0.929. The molecule has 2 aliphatic rings. The number of hydrogen-bond donors (Lipinski definition) is 3. The molecule has 1 heterocycles. The van der Waals surface area contributed by atoms with E-state index in [9.17, 15) is 9.90 Å². The Balaban J connectivity index is 1.81. The molecular weight excluding hydrogens is 228 g/mol. The highest BCUT2D eigenvalue weighted by Gasteiger charge is 2.35. The first-order chi connectivity index (χ1) is 8.50. The minimum absolute atomic E-state index is 0.0645. The molecule has 104 valence electrons. The van der Waals surface area contributed by atoms with Crippen molar-refractivity contribution in [2.45, 2.75) is 45.1 Å². The van der Waals surface area contributed by atoms with Crippen LogP contribution in [0.15, 0.2) is 0 Å². The molecule has 1 amide bonds. The maximum atomic E-state index is 12.1. The van der Waals surface area contributed by atoms with Gasteiger partial charge in [-0.05, 0) is 31.2 Å². The highest BCUT2D eigenvalue weighted by molar-refractivity contribution is 5.79. The van der Waals surface area contributed by atoms with Gasteiger partial charge in [0, 0.05) is 13.1 Å². The van der Waals surface area contributed by atoms with Crippen LogP contribution < -0.4 is 10.6 Å². The Labute approximate surface area is 110 Å². The summed E-state index contributed by atoms with van der Waals surface area (Å²) in [4.78, 5) is 12.1. The molecule has 0 aromatic rings. The summed E-state index contributed by atoms with van der Waals surface area (Å²) >= 11 is 0. The Bertz CT molecular complexity index is 308.